The molecule has 12 nitrogen and oxygen atoms in total. The molecule has 0 aliphatic carbocycles. The lowest BCUT2D eigenvalue weighted by atomic mass is 9.88. The average Bonchev–Trinajstić information content (AvgIpc) is 3.30. The topological polar surface area (TPSA) is 155 Å². The summed E-state index contributed by atoms with van der Waals surface area (Å²) in [4.78, 5) is 48.2. The van der Waals surface area contributed by atoms with Crippen molar-refractivity contribution in [3.63, 3.8) is 0 Å². The standard InChI is InChI=1S/3C9H13N.3C8H12N2.C7H11N3.8CH4/c1-9(2,3)8-4-6-10-7-5-8;1-9(2,3)8-5-4-6-10-7-8;1-9(2,3)8-6-4-5-7-10-8;1-8(2,3)7-4-9-6-10-5-7;1-8(2,3)7-4-5-9-6-10-7;1-8(2,3)7-9-5-4-6-10-7;1-7(2,3)6-9-4-8-5-10-6;;;;;;;;/h3*4-7H,1-3H3;3*4-6H,1-3H3;4-5H,1-3H3;8*1H4. The molecular formula is C66H118N12. The highest BCUT2D eigenvalue weighted by Crippen LogP contribution is 2.23. The van der Waals surface area contributed by atoms with Gasteiger partial charge >= 0.3 is 0 Å². The van der Waals surface area contributed by atoms with Gasteiger partial charge in [0.2, 0.25) is 0 Å². The molecule has 7 aromatic heterocycles. The Morgan fingerprint density at radius 3 is 0.897 bits per heavy atom. The van der Waals surface area contributed by atoms with E-state index in [0.717, 1.165) is 23.0 Å². The molecule has 7 rings (SSSR count). The summed E-state index contributed by atoms with van der Waals surface area (Å²) < 4.78 is 0. The highest BCUT2D eigenvalue weighted by Gasteiger charge is 2.18. The third kappa shape index (κ3) is 39.1. The number of hydrogen-bond acceptors (Lipinski definition) is 12. The molecule has 0 fully saturated rings. The van der Waals surface area contributed by atoms with Crippen LogP contribution in [0.25, 0.3) is 0 Å². The first-order valence-corrected chi connectivity index (χ1v) is 23.9. The fourth-order valence-electron chi connectivity index (χ4n) is 5.20. The number of nitrogens with zero attached hydrogens (tertiary/aromatic N) is 12. The first kappa shape index (κ1) is 88.3. The number of aromatic nitrogens is 12. The van der Waals surface area contributed by atoms with E-state index in [-0.39, 0.29) is 97.3 Å². The molecular weight excluding hydrogens is 961 g/mol. The third-order valence-electron chi connectivity index (χ3n) is 9.68. The van der Waals surface area contributed by atoms with Gasteiger partial charge in [-0.2, -0.15) is 0 Å². The molecule has 0 amide bonds. The fraction of sp³-hybridized carbons (Fsp3) is 0.545. The highest BCUT2D eigenvalue weighted by molar-refractivity contribution is 5.19. The SMILES string of the molecule is C.C.C.C.C.C.C.C.CC(C)(C)c1ccccn1.CC(C)(C)c1cccnc1.CC(C)(C)c1ccncc1.CC(C)(C)c1ccncn1.CC(C)(C)c1cncnc1.CC(C)(C)c1ncccn1.CC(C)(C)c1ncncn1. The maximum absolute atomic E-state index is 4.25. The van der Waals surface area contributed by atoms with Crippen molar-refractivity contribution in [1.82, 2.24) is 59.8 Å². The summed E-state index contributed by atoms with van der Waals surface area (Å²) in [5.41, 5.74) is 7.11. The number of hydrogen-bond donors (Lipinski definition) is 0. The minimum absolute atomic E-state index is 0. The average molecular weight is 1080 g/mol. The van der Waals surface area contributed by atoms with Gasteiger partial charge in [-0.3, -0.25) is 15.0 Å². The van der Waals surface area contributed by atoms with Gasteiger partial charge in [0.1, 0.15) is 37.0 Å². The van der Waals surface area contributed by atoms with E-state index in [1.165, 1.54) is 29.3 Å². The van der Waals surface area contributed by atoms with Gasteiger partial charge in [-0.25, -0.2) is 44.9 Å². The molecule has 0 bridgehead atoms. The molecule has 0 aliphatic rings. The molecule has 7 aromatic rings. The molecule has 0 saturated heterocycles. The molecule has 442 valence electrons. The Morgan fingerprint density at radius 2 is 0.628 bits per heavy atom. The van der Waals surface area contributed by atoms with Gasteiger partial charge in [-0.15, -0.1) is 0 Å². The highest BCUT2D eigenvalue weighted by atomic mass is 15.0. The molecule has 0 atom stereocenters. The van der Waals surface area contributed by atoms with Gasteiger partial charge in [-0.1, -0.05) is 217 Å². The third-order valence-corrected chi connectivity index (χ3v) is 9.68. The van der Waals surface area contributed by atoms with Crippen LogP contribution in [-0.4, -0.2) is 59.8 Å². The van der Waals surface area contributed by atoms with Crippen LogP contribution in [0.1, 0.15) is 245 Å². The summed E-state index contributed by atoms with van der Waals surface area (Å²) in [5.74, 6) is 1.73. The van der Waals surface area contributed by atoms with Crippen LogP contribution in [0.2, 0.25) is 0 Å². The van der Waals surface area contributed by atoms with Crippen LogP contribution in [0.3, 0.4) is 0 Å². The fourth-order valence-corrected chi connectivity index (χ4v) is 5.20. The normalized spacial score (nSPS) is 10.3. The zero-order valence-corrected chi connectivity index (χ0v) is 46.6. The minimum atomic E-state index is 0. The summed E-state index contributed by atoms with van der Waals surface area (Å²) in [6.45, 7) is 45.0. The van der Waals surface area contributed by atoms with Gasteiger partial charge in [0, 0.05) is 95.0 Å². The van der Waals surface area contributed by atoms with E-state index >= 15 is 0 Å². The Kier molecular flexibility index (Phi) is 46.3. The lowest BCUT2D eigenvalue weighted by molar-refractivity contribution is 0.541. The second kappa shape index (κ2) is 40.8. The molecule has 78 heavy (non-hydrogen) atoms. The van der Waals surface area contributed by atoms with Crippen molar-refractivity contribution in [3.05, 3.63) is 182 Å². The van der Waals surface area contributed by atoms with E-state index < -0.39 is 0 Å². The Labute approximate surface area is 482 Å². The first-order valence-electron chi connectivity index (χ1n) is 23.9. The van der Waals surface area contributed by atoms with E-state index in [1.807, 2.05) is 67.5 Å². The Bertz CT molecular complexity index is 1870. The first-order chi connectivity index (χ1) is 32.2. The van der Waals surface area contributed by atoms with E-state index in [1.54, 1.807) is 37.4 Å². The van der Waals surface area contributed by atoms with Crippen LogP contribution in [0.4, 0.5) is 0 Å². The van der Waals surface area contributed by atoms with Crippen molar-refractivity contribution in [2.75, 3.05) is 0 Å². The lowest BCUT2D eigenvalue weighted by Crippen LogP contribution is -2.15. The van der Waals surface area contributed by atoms with E-state index in [9.17, 15) is 0 Å². The van der Waals surface area contributed by atoms with Gasteiger partial charge in [-0.05, 0) is 75.4 Å². The van der Waals surface area contributed by atoms with Gasteiger partial charge < -0.3 is 0 Å². The zero-order chi connectivity index (χ0) is 53.3. The molecule has 0 radical (unpaired) electrons. The molecule has 7 heterocycles. The largest absolute Gasteiger partial charge is 0.265 e. The van der Waals surface area contributed by atoms with E-state index in [2.05, 4.69) is 229 Å². The quantitative estimate of drug-likeness (QED) is 0.142. The maximum atomic E-state index is 4.25. The molecule has 0 aromatic carbocycles. The lowest BCUT2D eigenvalue weighted by Gasteiger charge is -2.17. The van der Waals surface area contributed by atoms with Gasteiger partial charge in [0.05, 0.1) is 0 Å². The second-order valence-corrected chi connectivity index (χ2v) is 23.7. The predicted molar refractivity (Wildman–Crippen MR) is 343 cm³/mol. The van der Waals surface area contributed by atoms with E-state index in [4.69, 9.17) is 0 Å². The second-order valence-electron chi connectivity index (χ2n) is 23.7. The number of rotatable bonds is 0. The molecule has 0 aliphatic heterocycles. The summed E-state index contributed by atoms with van der Waals surface area (Å²) >= 11 is 0. The van der Waals surface area contributed by atoms with Crippen molar-refractivity contribution in [1.29, 1.82) is 0 Å². The van der Waals surface area contributed by atoms with Crippen LogP contribution in [0.5, 0.6) is 0 Å². The summed E-state index contributed by atoms with van der Waals surface area (Å²) in [5, 5.41) is 0. The predicted octanol–water partition coefficient (Wildman–Crippen LogP) is 18.7. The van der Waals surface area contributed by atoms with Crippen molar-refractivity contribution < 1.29 is 0 Å². The van der Waals surface area contributed by atoms with Crippen molar-refractivity contribution >= 4 is 0 Å². The van der Waals surface area contributed by atoms with Gasteiger partial charge in [0.15, 0.2) is 0 Å². The Hall–Kier alpha value is -6.30. The maximum Gasteiger partial charge on any atom is 0.137 e. The molecule has 0 spiro atoms. The number of pyridine rings is 3. The van der Waals surface area contributed by atoms with Crippen LogP contribution in [0.15, 0.2) is 142 Å². The van der Waals surface area contributed by atoms with E-state index in [0.29, 0.717) is 0 Å². The van der Waals surface area contributed by atoms with Crippen LogP contribution < -0.4 is 0 Å². The Balaban J connectivity index is -0.000000120. The smallest absolute Gasteiger partial charge is 0.137 e. The molecule has 0 unspecified atom stereocenters. The van der Waals surface area contributed by atoms with Crippen molar-refractivity contribution in [2.45, 2.75) is 243 Å². The van der Waals surface area contributed by atoms with Crippen LogP contribution >= 0.6 is 0 Å². The Morgan fingerprint density at radius 1 is 0.231 bits per heavy atom. The minimum Gasteiger partial charge on any atom is -0.265 e. The monoisotopic (exact) mass is 1080 g/mol. The van der Waals surface area contributed by atoms with Crippen LogP contribution in [0, 0.1) is 0 Å². The van der Waals surface area contributed by atoms with Crippen molar-refractivity contribution in [2.24, 2.45) is 0 Å². The molecule has 0 N–H and O–H groups in total. The van der Waals surface area contributed by atoms with Crippen molar-refractivity contribution in [3.8, 4) is 0 Å². The summed E-state index contributed by atoms with van der Waals surface area (Å²) in [7, 11) is 0. The zero-order valence-electron chi connectivity index (χ0n) is 46.6. The van der Waals surface area contributed by atoms with Crippen LogP contribution in [-0.2, 0) is 37.9 Å². The summed E-state index contributed by atoms with van der Waals surface area (Å²) in [6.07, 6.45) is 24.4. The molecule has 0 saturated carbocycles. The summed E-state index contributed by atoms with van der Waals surface area (Å²) in [6, 6.07) is 18.0. The van der Waals surface area contributed by atoms with Gasteiger partial charge in [0.25, 0.3) is 0 Å². The molecule has 12 heteroatoms.